The summed E-state index contributed by atoms with van der Waals surface area (Å²) in [7, 11) is -3.69. The topological polar surface area (TPSA) is 113 Å². The van der Waals surface area contributed by atoms with Crippen LogP contribution in [0, 0.1) is 0 Å². The van der Waals surface area contributed by atoms with Crippen molar-refractivity contribution >= 4 is 39.1 Å². The normalized spacial score (nSPS) is 17.1. The largest absolute Gasteiger partial charge is 0.492 e. The van der Waals surface area contributed by atoms with Crippen LogP contribution in [0.3, 0.4) is 0 Å². The fourth-order valence-electron chi connectivity index (χ4n) is 4.12. The summed E-state index contributed by atoms with van der Waals surface area (Å²) in [4.78, 5) is 38.0. The molecule has 0 aromatic heterocycles. The first-order valence-electron chi connectivity index (χ1n) is 11.4. The fourth-order valence-corrected chi connectivity index (χ4v) is 5.67. The highest BCUT2D eigenvalue weighted by Crippen LogP contribution is 2.31. The number of sulfonamides is 1. The Kier molecular flexibility index (Phi) is 6.99. The Labute approximate surface area is 198 Å². The molecule has 0 saturated carbocycles. The number of amides is 3. The van der Waals surface area contributed by atoms with Crippen molar-refractivity contribution < 1.29 is 27.5 Å². The lowest BCUT2D eigenvalue weighted by Crippen LogP contribution is -2.35. The summed E-state index contributed by atoms with van der Waals surface area (Å²) in [6.45, 7) is 3.09. The van der Waals surface area contributed by atoms with Crippen LogP contribution in [0.5, 0.6) is 5.75 Å². The first kappa shape index (κ1) is 23.9. The number of nitrogens with zero attached hydrogens (tertiary/aromatic N) is 2. The standard InChI is InChI=1S/C24H27N3O6S/c1-2-33-21-11-10-19(34(31,32)26-14-4-3-5-15-26)16-20(21)25-24(30)17-6-8-18(9-7-17)27-22(28)12-13-23(27)29/h6-11,16H,2-5,12-15H2,1H3,(H,25,30). The molecule has 10 heteroatoms. The van der Waals surface area contributed by atoms with Gasteiger partial charge in [0.1, 0.15) is 5.75 Å². The summed E-state index contributed by atoms with van der Waals surface area (Å²) in [5, 5.41) is 2.74. The van der Waals surface area contributed by atoms with Crippen molar-refractivity contribution in [3.63, 3.8) is 0 Å². The molecule has 4 rings (SSSR count). The smallest absolute Gasteiger partial charge is 0.255 e. The number of carbonyl (C=O) groups excluding carboxylic acids is 3. The molecule has 2 aliphatic rings. The second kappa shape index (κ2) is 9.94. The predicted octanol–water partition coefficient (Wildman–Crippen LogP) is 3.17. The maximum atomic E-state index is 13.1. The minimum Gasteiger partial charge on any atom is -0.492 e. The second-order valence-corrected chi connectivity index (χ2v) is 10.1. The van der Waals surface area contributed by atoms with Crippen LogP contribution < -0.4 is 15.0 Å². The molecule has 2 aromatic rings. The molecule has 2 saturated heterocycles. The molecule has 2 heterocycles. The van der Waals surface area contributed by atoms with E-state index >= 15 is 0 Å². The van der Waals surface area contributed by atoms with E-state index in [0.29, 0.717) is 31.1 Å². The first-order chi connectivity index (χ1) is 16.3. The molecule has 0 spiro atoms. The Balaban J connectivity index is 1.57. The highest BCUT2D eigenvalue weighted by atomic mass is 32.2. The number of ether oxygens (including phenoxy) is 1. The molecule has 0 atom stereocenters. The van der Waals surface area contributed by atoms with Crippen molar-refractivity contribution in [2.24, 2.45) is 0 Å². The van der Waals surface area contributed by atoms with E-state index in [-0.39, 0.29) is 40.8 Å². The van der Waals surface area contributed by atoms with Crippen LogP contribution in [-0.2, 0) is 19.6 Å². The highest BCUT2D eigenvalue weighted by molar-refractivity contribution is 7.89. The summed E-state index contributed by atoms with van der Waals surface area (Å²) in [6.07, 6.45) is 3.01. The van der Waals surface area contributed by atoms with Crippen LogP contribution in [0.15, 0.2) is 47.4 Å². The monoisotopic (exact) mass is 485 g/mol. The molecule has 3 amide bonds. The van der Waals surface area contributed by atoms with Crippen molar-refractivity contribution in [3.8, 4) is 5.75 Å². The summed E-state index contributed by atoms with van der Waals surface area (Å²) < 4.78 is 33.2. The minimum absolute atomic E-state index is 0.0922. The first-order valence-corrected chi connectivity index (χ1v) is 12.8. The average Bonchev–Trinajstić information content (AvgIpc) is 3.18. The van der Waals surface area contributed by atoms with Crippen LogP contribution >= 0.6 is 0 Å². The van der Waals surface area contributed by atoms with Crippen molar-refractivity contribution in [3.05, 3.63) is 48.0 Å². The minimum atomic E-state index is -3.69. The van der Waals surface area contributed by atoms with E-state index in [9.17, 15) is 22.8 Å². The third-order valence-corrected chi connectivity index (χ3v) is 7.79. The number of hydrogen-bond donors (Lipinski definition) is 1. The molecule has 34 heavy (non-hydrogen) atoms. The summed E-state index contributed by atoms with van der Waals surface area (Å²) in [5.74, 6) is -0.650. The van der Waals surface area contributed by atoms with Gasteiger partial charge in [0.05, 0.1) is 22.9 Å². The van der Waals surface area contributed by atoms with Gasteiger partial charge in [-0.05, 0) is 62.2 Å². The molecule has 0 unspecified atom stereocenters. The highest BCUT2D eigenvalue weighted by Gasteiger charge is 2.30. The number of imide groups is 1. The van der Waals surface area contributed by atoms with Gasteiger partial charge in [-0.25, -0.2) is 8.42 Å². The zero-order chi connectivity index (χ0) is 24.3. The van der Waals surface area contributed by atoms with E-state index < -0.39 is 15.9 Å². The van der Waals surface area contributed by atoms with Gasteiger partial charge < -0.3 is 10.1 Å². The number of nitrogens with one attached hydrogen (secondary N) is 1. The number of carbonyl (C=O) groups is 3. The molecule has 0 aliphatic carbocycles. The SMILES string of the molecule is CCOc1ccc(S(=O)(=O)N2CCCCC2)cc1NC(=O)c1ccc(N2C(=O)CCC2=O)cc1. The van der Waals surface area contributed by atoms with E-state index in [4.69, 9.17) is 4.74 Å². The number of anilines is 2. The molecule has 0 bridgehead atoms. The third-order valence-electron chi connectivity index (χ3n) is 5.89. The van der Waals surface area contributed by atoms with E-state index in [1.165, 1.54) is 40.7 Å². The maximum absolute atomic E-state index is 13.1. The van der Waals surface area contributed by atoms with Crippen LogP contribution in [0.4, 0.5) is 11.4 Å². The van der Waals surface area contributed by atoms with Gasteiger partial charge in [0.2, 0.25) is 21.8 Å². The van der Waals surface area contributed by atoms with E-state index in [1.807, 2.05) is 0 Å². The summed E-state index contributed by atoms with van der Waals surface area (Å²) in [5.41, 5.74) is 0.946. The number of hydrogen-bond acceptors (Lipinski definition) is 6. The Hall–Kier alpha value is -3.24. The van der Waals surface area contributed by atoms with Crippen LogP contribution in [-0.4, -0.2) is 50.1 Å². The van der Waals surface area contributed by atoms with Crippen LogP contribution in [0.25, 0.3) is 0 Å². The lowest BCUT2D eigenvalue weighted by molar-refractivity contribution is -0.121. The van der Waals surface area contributed by atoms with Crippen molar-refractivity contribution in [2.75, 3.05) is 29.9 Å². The van der Waals surface area contributed by atoms with Gasteiger partial charge >= 0.3 is 0 Å². The molecule has 9 nitrogen and oxygen atoms in total. The Morgan fingerprint density at radius 1 is 0.971 bits per heavy atom. The molecular formula is C24H27N3O6S. The van der Waals surface area contributed by atoms with E-state index in [0.717, 1.165) is 24.2 Å². The van der Waals surface area contributed by atoms with E-state index in [2.05, 4.69) is 5.32 Å². The van der Waals surface area contributed by atoms with Gasteiger partial charge in [0.25, 0.3) is 5.91 Å². The molecule has 2 aliphatic heterocycles. The lowest BCUT2D eigenvalue weighted by atomic mass is 10.1. The molecule has 2 fully saturated rings. The Bertz CT molecular complexity index is 1190. The quantitative estimate of drug-likeness (QED) is 0.603. The Morgan fingerprint density at radius 2 is 1.62 bits per heavy atom. The van der Waals surface area contributed by atoms with Crippen LogP contribution in [0.2, 0.25) is 0 Å². The zero-order valence-corrected chi connectivity index (χ0v) is 19.8. The van der Waals surface area contributed by atoms with Gasteiger partial charge in [-0.15, -0.1) is 0 Å². The summed E-state index contributed by atoms with van der Waals surface area (Å²) >= 11 is 0. The number of rotatable bonds is 7. The summed E-state index contributed by atoms with van der Waals surface area (Å²) in [6, 6.07) is 10.6. The van der Waals surface area contributed by atoms with Gasteiger partial charge in [-0.3, -0.25) is 19.3 Å². The predicted molar refractivity (Wildman–Crippen MR) is 126 cm³/mol. The average molecular weight is 486 g/mol. The van der Waals surface area contributed by atoms with Crippen molar-refractivity contribution in [1.82, 2.24) is 4.31 Å². The zero-order valence-electron chi connectivity index (χ0n) is 19.0. The van der Waals surface area contributed by atoms with Gasteiger partial charge in [-0.1, -0.05) is 6.42 Å². The second-order valence-electron chi connectivity index (χ2n) is 8.18. The Morgan fingerprint density at radius 3 is 2.24 bits per heavy atom. The van der Waals surface area contributed by atoms with Gasteiger partial charge in [0, 0.05) is 31.5 Å². The van der Waals surface area contributed by atoms with Crippen molar-refractivity contribution in [2.45, 2.75) is 43.9 Å². The van der Waals surface area contributed by atoms with Crippen molar-refractivity contribution in [1.29, 1.82) is 0 Å². The third kappa shape index (κ3) is 4.83. The number of piperidine rings is 1. The molecule has 180 valence electrons. The lowest BCUT2D eigenvalue weighted by Gasteiger charge is -2.26. The van der Waals surface area contributed by atoms with Crippen LogP contribution in [0.1, 0.15) is 49.4 Å². The molecule has 2 aromatic carbocycles. The van der Waals surface area contributed by atoms with Gasteiger partial charge in [-0.2, -0.15) is 4.31 Å². The van der Waals surface area contributed by atoms with E-state index in [1.54, 1.807) is 13.0 Å². The fraction of sp³-hybridized carbons (Fsp3) is 0.375. The molecular weight excluding hydrogens is 458 g/mol. The maximum Gasteiger partial charge on any atom is 0.255 e. The molecule has 1 N–H and O–H groups in total. The van der Waals surface area contributed by atoms with Gasteiger partial charge in [0.15, 0.2) is 0 Å². The molecule has 0 radical (unpaired) electrons. The number of benzene rings is 2.